The van der Waals surface area contributed by atoms with Gasteiger partial charge in [-0.2, -0.15) is 0 Å². The highest BCUT2D eigenvalue weighted by molar-refractivity contribution is 5.96. The number of rotatable bonds is 19. The number of carboxylic acid groups (broad SMARTS) is 1. The molecule has 2 aliphatic heterocycles. The molecule has 94 heavy (non-hydrogen) atoms. The van der Waals surface area contributed by atoms with Gasteiger partial charge in [-0.05, 0) is 72.5 Å². The molecule has 3 aliphatic carbocycles. The number of ether oxygens (including phenoxy) is 9. The van der Waals surface area contributed by atoms with Crippen LogP contribution in [0.15, 0.2) is 120 Å². The first-order valence-corrected chi connectivity index (χ1v) is 30.1. The first-order valence-electron chi connectivity index (χ1n) is 30.1. The van der Waals surface area contributed by atoms with Gasteiger partial charge in [0.05, 0.1) is 35.3 Å². The number of carbonyl (C=O) groups excluding carboxylic acids is 8. The quantitative estimate of drug-likeness (QED) is 0.0289. The van der Waals surface area contributed by atoms with Gasteiger partial charge in [0.1, 0.15) is 60.6 Å². The molecule has 0 radical (unpaired) electrons. The lowest BCUT2D eigenvalue weighted by molar-refractivity contribution is -0.346. The van der Waals surface area contributed by atoms with Crippen LogP contribution in [-0.4, -0.2) is 206 Å². The van der Waals surface area contributed by atoms with Crippen molar-refractivity contribution in [2.45, 2.75) is 146 Å². The van der Waals surface area contributed by atoms with Crippen LogP contribution < -0.4 is 15.8 Å². The highest BCUT2D eigenvalue weighted by Gasteiger charge is 2.78. The number of benzene rings is 4. The number of esters is 4. The summed E-state index contributed by atoms with van der Waals surface area (Å²) in [5.41, 5.74) is -1.75. The van der Waals surface area contributed by atoms with Crippen molar-refractivity contribution in [3.63, 3.8) is 0 Å². The van der Waals surface area contributed by atoms with Gasteiger partial charge in [-0.3, -0.25) is 19.2 Å². The summed E-state index contributed by atoms with van der Waals surface area (Å²) < 4.78 is 53.3. The Balaban J connectivity index is 1.02. The van der Waals surface area contributed by atoms with E-state index in [0.717, 1.165) is 23.6 Å². The number of nitrogens with two attached hydrogens (primary N) is 1. The maximum absolute atomic E-state index is 15.9. The maximum atomic E-state index is 15.9. The van der Waals surface area contributed by atoms with Crippen LogP contribution in [0.3, 0.4) is 0 Å². The number of aliphatic hydroxyl groups excluding tert-OH is 4. The van der Waals surface area contributed by atoms with Crippen LogP contribution in [0.25, 0.3) is 0 Å². The van der Waals surface area contributed by atoms with Crippen molar-refractivity contribution in [2.24, 2.45) is 16.7 Å². The van der Waals surface area contributed by atoms with E-state index in [1.54, 1.807) is 66.7 Å². The fraction of sp³-hybridized carbons (Fsp3) is 0.470. The highest BCUT2D eigenvalue weighted by atomic mass is 16.7. The van der Waals surface area contributed by atoms with Gasteiger partial charge in [0, 0.05) is 64.9 Å². The molecule has 16 atom stereocenters. The van der Waals surface area contributed by atoms with E-state index in [0.29, 0.717) is 5.56 Å². The highest BCUT2D eigenvalue weighted by Crippen LogP contribution is 2.64. The van der Waals surface area contributed by atoms with Crippen molar-refractivity contribution in [3.8, 4) is 5.75 Å². The summed E-state index contributed by atoms with van der Waals surface area (Å²) in [6.45, 7) is 6.73. The lowest BCUT2D eigenvalue weighted by Crippen LogP contribution is -2.82. The number of aliphatic carboxylic acids is 1. The number of hydrogen-bond acceptors (Lipinski definition) is 24. The summed E-state index contributed by atoms with van der Waals surface area (Å²) in [5, 5.41) is 69.3. The summed E-state index contributed by atoms with van der Waals surface area (Å²) in [6.07, 6.45) is -23.1. The topological polar surface area (TPSA) is 403 Å². The number of amides is 3. The van der Waals surface area contributed by atoms with Crippen LogP contribution >= 0.6 is 0 Å². The predicted octanol–water partition coefficient (Wildman–Crippen LogP) is 2.93. The Labute approximate surface area is 539 Å². The Kier molecular flexibility index (Phi) is 20.3. The summed E-state index contributed by atoms with van der Waals surface area (Å²) in [4.78, 5) is 129. The molecule has 3 amide bonds. The van der Waals surface area contributed by atoms with E-state index in [1.165, 1.54) is 84.3 Å². The molecule has 28 heteroatoms. The van der Waals surface area contributed by atoms with E-state index < -0.39 is 168 Å². The third kappa shape index (κ3) is 13.3. The molecule has 504 valence electrons. The molecule has 2 saturated heterocycles. The zero-order valence-electron chi connectivity index (χ0n) is 52.6. The van der Waals surface area contributed by atoms with Gasteiger partial charge < -0.3 is 94.1 Å². The number of carboxylic acids is 1. The normalized spacial score (nSPS) is 29.7. The Morgan fingerprint density at radius 1 is 0.766 bits per heavy atom. The summed E-state index contributed by atoms with van der Waals surface area (Å²) >= 11 is 0. The van der Waals surface area contributed by atoms with Gasteiger partial charge in [-0.25, -0.2) is 24.0 Å². The van der Waals surface area contributed by atoms with Crippen molar-refractivity contribution < 1.29 is 116 Å². The van der Waals surface area contributed by atoms with E-state index in [1.807, 2.05) is 0 Å². The first-order chi connectivity index (χ1) is 44.4. The average Bonchev–Trinajstić information content (AvgIpc) is 0.670. The maximum Gasteiger partial charge on any atom is 0.410 e. The molecule has 0 spiro atoms. The molecule has 28 nitrogen and oxygen atoms in total. The minimum atomic E-state index is -2.57. The second-order valence-corrected chi connectivity index (χ2v) is 24.8. The molecule has 1 unspecified atom stereocenters. The van der Waals surface area contributed by atoms with Crippen LogP contribution in [0.5, 0.6) is 5.75 Å². The molecule has 9 rings (SSSR count). The minimum Gasteiger partial charge on any atom is -0.479 e. The largest absolute Gasteiger partial charge is 0.479 e. The third-order valence-electron chi connectivity index (χ3n) is 18.6. The Morgan fingerprint density at radius 2 is 1.37 bits per heavy atom. The van der Waals surface area contributed by atoms with Crippen LogP contribution in [0.2, 0.25) is 0 Å². The van der Waals surface area contributed by atoms with Crippen molar-refractivity contribution >= 4 is 59.4 Å². The number of fused-ring (bicyclic) bond motifs is 5. The van der Waals surface area contributed by atoms with Crippen molar-refractivity contribution in [3.05, 3.63) is 143 Å². The molecule has 5 aliphatic rings. The second kappa shape index (κ2) is 27.5. The molecule has 4 fully saturated rings. The molecule has 0 aromatic heterocycles. The monoisotopic (exact) mass is 1310 g/mol. The van der Waals surface area contributed by atoms with Crippen molar-refractivity contribution in [1.29, 1.82) is 0 Å². The molecule has 2 saturated carbocycles. The van der Waals surface area contributed by atoms with E-state index >= 15 is 9.59 Å². The minimum absolute atomic E-state index is 0.00642. The lowest BCUT2D eigenvalue weighted by Gasteiger charge is -2.67. The standard InChI is InChI=1S/C66H76N4O24/c1-33-42(30-66(85)55(93-58(81)39-22-16-11-17-23-39)53-64(6,43(73)29-44-65(53,32-87-44)94-35(3)72)54(77)50(88-34(2)71)45(33)63(66,4)5)89-59(82)51(46(37-18-12-9-13-19-37)68-56(78)38-20-14-10-15-21-38)92-62(84)70(8)27-26-69(7)61(83)86-31-36-24-25-41(40(67)28-36)90-60-49(76)47(74)48(75)52(91-60)57(79)80/h9-25,28,42-44,46-53,55,60,73-76,85H,26-27,29-32,67H2,1-8H3,(H,68,78)(H,79,80)/t42-,43-,44+,46-,47-,48-,49+,50+,51?,52-,53-,55-,60+,64+,65-,66+/m0/s1. The number of ketones is 1. The van der Waals surface area contributed by atoms with Crippen LogP contribution in [0, 0.1) is 16.7 Å². The first kappa shape index (κ1) is 69.3. The van der Waals surface area contributed by atoms with Gasteiger partial charge in [0.25, 0.3) is 5.91 Å². The number of nitrogens with one attached hydrogen (secondary N) is 1. The number of Topliss-reactive ketones (excluding diaryl/α,β-unsaturated/α-hetero) is 1. The van der Waals surface area contributed by atoms with Gasteiger partial charge in [0.2, 0.25) is 12.4 Å². The number of carbonyl (C=O) groups is 9. The lowest BCUT2D eigenvalue weighted by atomic mass is 9.44. The Bertz CT molecular complexity index is 3570. The fourth-order valence-electron chi connectivity index (χ4n) is 13.3. The number of nitrogen functional groups attached to an aromatic ring is 1. The van der Waals surface area contributed by atoms with Crippen LogP contribution in [-0.2, 0) is 68.5 Å². The number of hydrogen-bond donors (Lipinski definition) is 8. The van der Waals surface area contributed by atoms with E-state index in [2.05, 4.69) is 5.32 Å². The number of anilines is 1. The van der Waals surface area contributed by atoms with Gasteiger partial charge in [-0.15, -0.1) is 0 Å². The van der Waals surface area contributed by atoms with Crippen LogP contribution in [0.1, 0.15) is 92.3 Å². The second-order valence-electron chi connectivity index (χ2n) is 24.8. The molecule has 2 heterocycles. The van der Waals surface area contributed by atoms with E-state index in [4.69, 9.17) is 48.4 Å². The molecular weight excluding hydrogens is 1230 g/mol. The third-order valence-corrected chi connectivity index (χ3v) is 18.6. The average molecular weight is 1310 g/mol. The zero-order valence-corrected chi connectivity index (χ0v) is 52.6. The Hall–Kier alpha value is -9.03. The van der Waals surface area contributed by atoms with E-state index in [9.17, 15) is 64.2 Å². The number of likely N-dealkylation sites (N-methyl/N-ethyl adjacent to an activating group) is 2. The smallest absolute Gasteiger partial charge is 0.410 e. The van der Waals surface area contributed by atoms with Gasteiger partial charge >= 0.3 is 42.0 Å². The molecule has 2 bridgehead atoms. The summed E-state index contributed by atoms with van der Waals surface area (Å²) in [7, 11) is 2.65. The summed E-state index contributed by atoms with van der Waals surface area (Å²) in [6, 6.07) is 26.0. The van der Waals surface area contributed by atoms with E-state index in [-0.39, 0.29) is 65.4 Å². The molecule has 4 aromatic rings. The Morgan fingerprint density at radius 3 is 1.95 bits per heavy atom. The SMILES string of the molecule is CC(=O)O[C@H]1C(=O)[C@@]2(C)[C@H]([C@H](OC(=O)c3ccccc3)[C@]3(O)C[C@H](OC(=O)C(OC(=O)N(C)CCN(C)C(=O)OCc4ccc(O[C@@H]5O[C@H](C(=O)O)[C@@H](O)[C@H](O)[C@H]5O)c(N)c4)[C@@H](NC(=O)c4ccccc4)c4ccccc4)C(C)=C1C3(C)C)[C@]1(OC(C)=O)CO[C@@H]1C[C@@H]2O. The van der Waals surface area contributed by atoms with Gasteiger partial charge in [0.15, 0.2) is 23.6 Å². The van der Waals surface area contributed by atoms with Crippen molar-refractivity contribution in [1.82, 2.24) is 15.1 Å². The van der Waals surface area contributed by atoms with Gasteiger partial charge in [-0.1, -0.05) is 86.6 Å². The molecule has 9 N–H and O–H groups in total. The fourth-order valence-corrected chi connectivity index (χ4v) is 13.3. The van der Waals surface area contributed by atoms with Crippen molar-refractivity contribution in [2.75, 3.05) is 39.5 Å². The zero-order chi connectivity index (χ0) is 68.5. The predicted molar refractivity (Wildman–Crippen MR) is 323 cm³/mol. The number of nitrogens with zero attached hydrogens (tertiary/aromatic N) is 2. The number of aliphatic hydroxyl groups is 5. The molecule has 4 aromatic carbocycles. The molecular formula is C66H76N4O24. The summed E-state index contributed by atoms with van der Waals surface area (Å²) in [5.74, 6) is -9.27. The van der Waals surface area contributed by atoms with Crippen LogP contribution in [0.4, 0.5) is 15.3 Å².